The fourth-order valence-corrected chi connectivity index (χ4v) is 2.86. The minimum atomic E-state index is -0.0198. The first-order valence-electron chi connectivity index (χ1n) is 10.1. The Hall–Kier alpha value is -2.73. The van der Waals surface area contributed by atoms with Crippen molar-refractivity contribution in [3.8, 4) is 11.5 Å². The third-order valence-electron chi connectivity index (χ3n) is 4.60. The molecule has 0 aliphatic rings. The lowest BCUT2D eigenvalue weighted by atomic mass is 10.1. The van der Waals surface area contributed by atoms with Crippen LogP contribution in [-0.2, 0) is 13.1 Å². The molecular formula is C23H34N4O2. The van der Waals surface area contributed by atoms with E-state index < -0.39 is 0 Å². The first-order chi connectivity index (χ1) is 14.0. The molecule has 158 valence electrons. The van der Waals surface area contributed by atoms with Gasteiger partial charge in [-0.3, -0.25) is 4.99 Å². The first-order valence-corrected chi connectivity index (χ1v) is 10.1. The maximum Gasteiger partial charge on any atom is 0.191 e. The molecule has 0 fully saturated rings. The van der Waals surface area contributed by atoms with Crippen LogP contribution in [0.1, 0.15) is 25.0 Å². The standard InChI is InChI=1S/C23H34N4O2/c1-6-27(4)17-20-10-7-9-19(13-20)16-26-23(24-3)25-15-18(2)29-22-12-8-11-21(14-22)28-5/h7-14,18H,6,15-17H2,1-5H3,(H2,24,25,26). The summed E-state index contributed by atoms with van der Waals surface area (Å²) in [6, 6.07) is 16.3. The number of hydrogen-bond donors (Lipinski definition) is 2. The zero-order valence-electron chi connectivity index (χ0n) is 18.2. The largest absolute Gasteiger partial charge is 0.497 e. The van der Waals surface area contributed by atoms with Crippen LogP contribution >= 0.6 is 0 Å². The summed E-state index contributed by atoms with van der Waals surface area (Å²) in [5.41, 5.74) is 2.55. The van der Waals surface area contributed by atoms with E-state index in [2.05, 4.69) is 58.8 Å². The highest BCUT2D eigenvalue weighted by Crippen LogP contribution is 2.19. The van der Waals surface area contributed by atoms with Crippen molar-refractivity contribution >= 4 is 5.96 Å². The highest BCUT2D eigenvalue weighted by molar-refractivity contribution is 5.79. The predicted molar refractivity (Wildman–Crippen MR) is 120 cm³/mol. The number of nitrogens with zero attached hydrogens (tertiary/aromatic N) is 2. The number of benzene rings is 2. The van der Waals surface area contributed by atoms with Gasteiger partial charge < -0.3 is 25.0 Å². The van der Waals surface area contributed by atoms with E-state index in [0.29, 0.717) is 13.1 Å². The van der Waals surface area contributed by atoms with Gasteiger partial charge in [-0.2, -0.15) is 0 Å². The predicted octanol–water partition coefficient (Wildman–Crippen LogP) is 3.28. The van der Waals surface area contributed by atoms with Gasteiger partial charge >= 0.3 is 0 Å². The molecule has 0 bridgehead atoms. The van der Waals surface area contributed by atoms with E-state index in [1.54, 1.807) is 14.2 Å². The van der Waals surface area contributed by atoms with Gasteiger partial charge in [0, 0.05) is 26.2 Å². The maximum absolute atomic E-state index is 5.95. The van der Waals surface area contributed by atoms with Crippen LogP contribution in [0.4, 0.5) is 0 Å². The number of aliphatic imine (C=N–C) groups is 1. The SMILES string of the molecule is CCN(C)Cc1cccc(CNC(=NC)NCC(C)Oc2cccc(OC)c2)c1. The van der Waals surface area contributed by atoms with Gasteiger partial charge in [-0.15, -0.1) is 0 Å². The molecule has 2 rings (SSSR count). The Labute approximate surface area is 174 Å². The molecule has 0 amide bonds. The summed E-state index contributed by atoms with van der Waals surface area (Å²) in [6.07, 6.45) is -0.0198. The van der Waals surface area contributed by atoms with E-state index in [0.717, 1.165) is 30.5 Å². The van der Waals surface area contributed by atoms with E-state index in [-0.39, 0.29) is 6.10 Å². The summed E-state index contributed by atoms with van der Waals surface area (Å²) >= 11 is 0. The normalized spacial score (nSPS) is 12.6. The van der Waals surface area contributed by atoms with Crippen LogP contribution in [0.2, 0.25) is 0 Å². The molecule has 6 heteroatoms. The second kappa shape index (κ2) is 12.0. The van der Waals surface area contributed by atoms with Crippen LogP contribution in [0.15, 0.2) is 53.5 Å². The van der Waals surface area contributed by atoms with Crippen LogP contribution in [0.25, 0.3) is 0 Å². The summed E-state index contributed by atoms with van der Waals surface area (Å²) in [5, 5.41) is 6.69. The zero-order chi connectivity index (χ0) is 21.1. The Morgan fingerprint density at radius 2 is 1.79 bits per heavy atom. The summed E-state index contributed by atoms with van der Waals surface area (Å²) < 4.78 is 11.2. The molecule has 6 nitrogen and oxygen atoms in total. The molecule has 0 saturated heterocycles. The second-order valence-electron chi connectivity index (χ2n) is 7.06. The number of nitrogens with one attached hydrogen (secondary N) is 2. The summed E-state index contributed by atoms with van der Waals surface area (Å²) in [7, 11) is 5.55. The topological polar surface area (TPSA) is 58.1 Å². The van der Waals surface area contributed by atoms with Gasteiger partial charge in [-0.05, 0) is 43.8 Å². The van der Waals surface area contributed by atoms with Gasteiger partial charge in [0.1, 0.15) is 17.6 Å². The zero-order valence-corrected chi connectivity index (χ0v) is 18.2. The van der Waals surface area contributed by atoms with Crippen LogP contribution in [0.3, 0.4) is 0 Å². The highest BCUT2D eigenvalue weighted by atomic mass is 16.5. The van der Waals surface area contributed by atoms with Gasteiger partial charge in [0.15, 0.2) is 5.96 Å². The molecule has 0 heterocycles. The third-order valence-corrected chi connectivity index (χ3v) is 4.60. The summed E-state index contributed by atoms with van der Waals surface area (Å²) in [4.78, 5) is 6.59. The molecule has 1 atom stereocenters. The average molecular weight is 399 g/mol. The lowest BCUT2D eigenvalue weighted by molar-refractivity contribution is 0.223. The number of rotatable bonds is 10. The summed E-state index contributed by atoms with van der Waals surface area (Å²) in [6.45, 7) is 7.53. The van der Waals surface area contributed by atoms with Gasteiger partial charge in [0.25, 0.3) is 0 Å². The van der Waals surface area contributed by atoms with E-state index in [1.807, 2.05) is 31.2 Å². The molecule has 1 unspecified atom stereocenters. The van der Waals surface area contributed by atoms with Crippen molar-refractivity contribution in [2.24, 2.45) is 4.99 Å². The minimum Gasteiger partial charge on any atom is -0.497 e. The lowest BCUT2D eigenvalue weighted by Gasteiger charge is -2.18. The smallest absolute Gasteiger partial charge is 0.191 e. The van der Waals surface area contributed by atoms with Gasteiger partial charge in [0.05, 0.1) is 13.7 Å². The molecular weight excluding hydrogens is 364 g/mol. The second-order valence-corrected chi connectivity index (χ2v) is 7.06. The van der Waals surface area contributed by atoms with Crippen molar-refractivity contribution in [1.29, 1.82) is 0 Å². The molecule has 29 heavy (non-hydrogen) atoms. The van der Waals surface area contributed by atoms with Gasteiger partial charge in [-0.1, -0.05) is 37.3 Å². The molecule has 2 aromatic carbocycles. The van der Waals surface area contributed by atoms with E-state index >= 15 is 0 Å². The van der Waals surface area contributed by atoms with Crippen LogP contribution in [0.5, 0.6) is 11.5 Å². The molecule has 0 radical (unpaired) electrons. The molecule has 0 spiro atoms. The Kier molecular flexibility index (Phi) is 9.31. The molecule has 0 aliphatic heterocycles. The third kappa shape index (κ3) is 8.03. The summed E-state index contributed by atoms with van der Waals surface area (Å²) in [5.74, 6) is 2.32. The number of hydrogen-bond acceptors (Lipinski definition) is 4. The first kappa shape index (κ1) is 22.6. The van der Waals surface area contributed by atoms with Crippen molar-refractivity contribution in [2.75, 3.05) is 34.3 Å². The quantitative estimate of drug-likeness (QED) is 0.475. The molecule has 0 aliphatic carbocycles. The fourth-order valence-electron chi connectivity index (χ4n) is 2.86. The van der Waals surface area contributed by atoms with Crippen LogP contribution in [0, 0.1) is 0 Å². The molecule has 2 N–H and O–H groups in total. The fraction of sp³-hybridized carbons (Fsp3) is 0.435. The average Bonchev–Trinajstić information content (AvgIpc) is 2.74. The maximum atomic E-state index is 5.95. The van der Waals surface area contributed by atoms with Gasteiger partial charge in [0.2, 0.25) is 0 Å². The molecule has 0 aromatic heterocycles. The number of ether oxygens (including phenoxy) is 2. The number of methoxy groups -OCH3 is 1. The monoisotopic (exact) mass is 398 g/mol. The van der Waals surface area contributed by atoms with Crippen molar-refractivity contribution in [3.05, 3.63) is 59.7 Å². The van der Waals surface area contributed by atoms with Gasteiger partial charge in [-0.25, -0.2) is 0 Å². The van der Waals surface area contributed by atoms with E-state index in [1.165, 1.54) is 11.1 Å². The Morgan fingerprint density at radius 3 is 2.52 bits per heavy atom. The lowest BCUT2D eigenvalue weighted by Crippen LogP contribution is -2.41. The highest BCUT2D eigenvalue weighted by Gasteiger charge is 2.07. The van der Waals surface area contributed by atoms with Crippen LogP contribution in [-0.4, -0.2) is 51.3 Å². The molecule has 2 aromatic rings. The van der Waals surface area contributed by atoms with E-state index in [4.69, 9.17) is 9.47 Å². The Balaban J connectivity index is 1.81. The number of guanidine groups is 1. The van der Waals surface area contributed by atoms with Crippen molar-refractivity contribution < 1.29 is 9.47 Å². The minimum absolute atomic E-state index is 0.0198. The van der Waals surface area contributed by atoms with Crippen molar-refractivity contribution in [3.63, 3.8) is 0 Å². The van der Waals surface area contributed by atoms with Crippen molar-refractivity contribution in [1.82, 2.24) is 15.5 Å². The van der Waals surface area contributed by atoms with Crippen molar-refractivity contribution in [2.45, 2.75) is 33.0 Å². The van der Waals surface area contributed by atoms with E-state index in [9.17, 15) is 0 Å². The molecule has 0 saturated carbocycles. The Morgan fingerprint density at radius 1 is 1.07 bits per heavy atom. The van der Waals surface area contributed by atoms with Crippen LogP contribution < -0.4 is 20.1 Å². The Bertz CT molecular complexity index is 779.